The molecule has 0 atom stereocenters. The van der Waals surface area contributed by atoms with Gasteiger partial charge in [0.25, 0.3) is 5.91 Å². The van der Waals surface area contributed by atoms with Gasteiger partial charge in [-0.1, -0.05) is 36.2 Å². The summed E-state index contributed by atoms with van der Waals surface area (Å²) in [5, 5.41) is 0. The normalized spacial score (nSPS) is 18.4. The lowest BCUT2D eigenvalue weighted by atomic mass is 9.78. The predicted molar refractivity (Wildman–Crippen MR) is 82.4 cm³/mol. The molecule has 1 fully saturated rings. The number of amides is 1. The molecular weight excluding hydrogens is 302 g/mol. The Morgan fingerprint density at radius 1 is 1.32 bits per heavy atom. The molecule has 2 nitrogen and oxygen atoms in total. The highest BCUT2D eigenvalue weighted by Crippen LogP contribution is 2.34. The lowest BCUT2D eigenvalue weighted by Crippen LogP contribution is -2.41. The summed E-state index contributed by atoms with van der Waals surface area (Å²) in [6, 6.07) is 5.92. The van der Waals surface area contributed by atoms with E-state index < -0.39 is 0 Å². The van der Waals surface area contributed by atoms with Crippen molar-refractivity contribution in [3.8, 4) is 0 Å². The number of hydrogen-bond donors (Lipinski definition) is 0. The number of likely N-dealkylation sites (tertiary alicyclic amines) is 1. The van der Waals surface area contributed by atoms with Gasteiger partial charge in [0.05, 0.1) is 0 Å². The van der Waals surface area contributed by atoms with Crippen molar-refractivity contribution in [3.63, 3.8) is 0 Å². The molecule has 3 heteroatoms. The van der Waals surface area contributed by atoms with Gasteiger partial charge in [-0.2, -0.15) is 0 Å². The Hall–Kier alpha value is -0.830. The number of carbonyl (C=O) groups is 1. The summed E-state index contributed by atoms with van der Waals surface area (Å²) in [4.78, 5) is 14.5. The largest absolute Gasteiger partial charge is 0.339 e. The smallest absolute Gasteiger partial charge is 0.253 e. The fraction of sp³-hybridized carbons (Fsp3) is 0.562. The minimum absolute atomic E-state index is 0.169. The second kappa shape index (κ2) is 5.66. The van der Waals surface area contributed by atoms with Crippen molar-refractivity contribution in [2.45, 2.75) is 40.0 Å². The SMILES string of the molecule is CCC1(C)CCN(C(=O)c2cc(C)cc(Br)c2)CC1. The van der Waals surface area contributed by atoms with Gasteiger partial charge in [-0.25, -0.2) is 0 Å². The zero-order chi connectivity index (χ0) is 14.0. The quantitative estimate of drug-likeness (QED) is 0.789. The van der Waals surface area contributed by atoms with Gasteiger partial charge in [0.1, 0.15) is 0 Å². The first kappa shape index (κ1) is 14.6. The van der Waals surface area contributed by atoms with Crippen molar-refractivity contribution in [1.82, 2.24) is 4.90 Å². The van der Waals surface area contributed by atoms with Crippen LogP contribution < -0.4 is 0 Å². The number of rotatable bonds is 2. The van der Waals surface area contributed by atoms with Crippen LogP contribution in [0.1, 0.15) is 49.0 Å². The fourth-order valence-corrected chi connectivity index (χ4v) is 3.25. The molecule has 0 unspecified atom stereocenters. The minimum atomic E-state index is 0.169. The molecule has 0 radical (unpaired) electrons. The van der Waals surface area contributed by atoms with Gasteiger partial charge < -0.3 is 4.90 Å². The van der Waals surface area contributed by atoms with E-state index in [1.54, 1.807) is 0 Å². The van der Waals surface area contributed by atoms with Crippen LogP contribution in [-0.4, -0.2) is 23.9 Å². The molecule has 19 heavy (non-hydrogen) atoms. The molecule has 0 spiro atoms. The monoisotopic (exact) mass is 323 g/mol. The van der Waals surface area contributed by atoms with Crippen molar-refractivity contribution < 1.29 is 4.79 Å². The molecule has 0 aromatic heterocycles. The number of aryl methyl sites for hydroxylation is 1. The van der Waals surface area contributed by atoms with Gasteiger partial charge in [-0.15, -0.1) is 0 Å². The highest BCUT2D eigenvalue weighted by atomic mass is 79.9. The maximum absolute atomic E-state index is 12.5. The zero-order valence-electron chi connectivity index (χ0n) is 12.0. The number of carbonyl (C=O) groups excluding carboxylic acids is 1. The van der Waals surface area contributed by atoms with E-state index in [9.17, 15) is 4.79 Å². The maximum Gasteiger partial charge on any atom is 0.253 e. The molecule has 2 rings (SSSR count). The van der Waals surface area contributed by atoms with Crippen molar-refractivity contribution in [1.29, 1.82) is 0 Å². The van der Waals surface area contributed by atoms with Crippen LogP contribution in [0.5, 0.6) is 0 Å². The molecule has 1 aromatic rings. The number of benzene rings is 1. The van der Waals surface area contributed by atoms with Crippen LogP contribution in [0.15, 0.2) is 22.7 Å². The third kappa shape index (κ3) is 3.38. The fourth-order valence-electron chi connectivity index (χ4n) is 2.65. The van der Waals surface area contributed by atoms with Crippen LogP contribution >= 0.6 is 15.9 Å². The van der Waals surface area contributed by atoms with Crippen LogP contribution in [0.4, 0.5) is 0 Å². The number of piperidine rings is 1. The Balaban J connectivity index is 2.09. The highest BCUT2D eigenvalue weighted by Gasteiger charge is 2.30. The third-order valence-corrected chi connectivity index (χ3v) is 4.86. The van der Waals surface area contributed by atoms with Gasteiger partial charge in [0.2, 0.25) is 0 Å². The first-order chi connectivity index (χ1) is 8.93. The van der Waals surface area contributed by atoms with Crippen LogP contribution in [0.3, 0.4) is 0 Å². The second-order valence-corrected chi connectivity index (χ2v) is 6.89. The Labute approximate surface area is 124 Å². The third-order valence-electron chi connectivity index (χ3n) is 4.40. The van der Waals surface area contributed by atoms with E-state index in [1.165, 1.54) is 6.42 Å². The Kier molecular flexibility index (Phi) is 4.34. The van der Waals surface area contributed by atoms with Crippen LogP contribution in [-0.2, 0) is 0 Å². The van der Waals surface area contributed by atoms with Gasteiger partial charge in [0.15, 0.2) is 0 Å². The Bertz CT molecular complexity index is 455. The molecule has 0 saturated carbocycles. The summed E-state index contributed by atoms with van der Waals surface area (Å²) < 4.78 is 0.978. The Morgan fingerprint density at radius 2 is 1.95 bits per heavy atom. The van der Waals surface area contributed by atoms with Crippen LogP contribution in [0, 0.1) is 12.3 Å². The van der Waals surface area contributed by atoms with Gasteiger partial charge in [-0.3, -0.25) is 4.79 Å². The van der Waals surface area contributed by atoms with E-state index in [4.69, 9.17) is 0 Å². The lowest BCUT2D eigenvalue weighted by Gasteiger charge is -2.39. The van der Waals surface area contributed by atoms with E-state index in [0.29, 0.717) is 5.41 Å². The molecule has 104 valence electrons. The van der Waals surface area contributed by atoms with E-state index in [1.807, 2.05) is 30.0 Å². The first-order valence-electron chi connectivity index (χ1n) is 7.00. The molecular formula is C16H22BrNO. The maximum atomic E-state index is 12.5. The van der Waals surface area contributed by atoms with Gasteiger partial charge in [0, 0.05) is 23.1 Å². The van der Waals surface area contributed by atoms with Crippen molar-refractivity contribution in [2.75, 3.05) is 13.1 Å². The number of hydrogen-bond acceptors (Lipinski definition) is 1. The molecule has 1 amide bonds. The van der Waals surface area contributed by atoms with Crippen molar-refractivity contribution >= 4 is 21.8 Å². The average Bonchev–Trinajstić information content (AvgIpc) is 2.38. The summed E-state index contributed by atoms with van der Waals surface area (Å²) in [6.45, 7) is 8.36. The lowest BCUT2D eigenvalue weighted by molar-refractivity contribution is 0.0600. The summed E-state index contributed by atoms with van der Waals surface area (Å²) >= 11 is 3.46. The van der Waals surface area contributed by atoms with Crippen LogP contribution in [0.25, 0.3) is 0 Å². The number of halogens is 1. The standard InChI is InChI=1S/C16H22BrNO/c1-4-16(3)5-7-18(8-6-16)15(19)13-9-12(2)10-14(17)11-13/h9-11H,4-8H2,1-3H3. The van der Waals surface area contributed by atoms with Crippen LogP contribution in [0.2, 0.25) is 0 Å². The Morgan fingerprint density at radius 3 is 2.47 bits per heavy atom. The predicted octanol–water partition coefficient (Wildman–Crippen LogP) is 4.41. The van der Waals surface area contributed by atoms with E-state index in [2.05, 4.69) is 29.8 Å². The topological polar surface area (TPSA) is 20.3 Å². The van der Waals surface area contributed by atoms with Gasteiger partial charge >= 0.3 is 0 Å². The second-order valence-electron chi connectivity index (χ2n) is 5.97. The summed E-state index contributed by atoms with van der Waals surface area (Å²) in [7, 11) is 0. The molecule has 0 bridgehead atoms. The minimum Gasteiger partial charge on any atom is -0.339 e. The molecule has 1 heterocycles. The average molecular weight is 324 g/mol. The zero-order valence-corrected chi connectivity index (χ0v) is 13.6. The first-order valence-corrected chi connectivity index (χ1v) is 7.79. The number of nitrogens with zero attached hydrogens (tertiary/aromatic N) is 1. The van der Waals surface area contributed by atoms with Gasteiger partial charge in [-0.05, 0) is 48.9 Å². The molecule has 1 aromatic carbocycles. The van der Waals surface area contributed by atoms with E-state index >= 15 is 0 Å². The summed E-state index contributed by atoms with van der Waals surface area (Å²) in [6.07, 6.45) is 3.43. The molecule has 1 saturated heterocycles. The van der Waals surface area contributed by atoms with Crippen molar-refractivity contribution in [3.05, 3.63) is 33.8 Å². The van der Waals surface area contributed by atoms with E-state index in [0.717, 1.165) is 41.5 Å². The summed E-state index contributed by atoms with van der Waals surface area (Å²) in [5.41, 5.74) is 2.34. The molecule has 1 aliphatic rings. The highest BCUT2D eigenvalue weighted by molar-refractivity contribution is 9.10. The molecule has 1 aliphatic heterocycles. The summed E-state index contributed by atoms with van der Waals surface area (Å²) in [5.74, 6) is 0.169. The molecule has 0 N–H and O–H groups in total. The van der Waals surface area contributed by atoms with E-state index in [-0.39, 0.29) is 5.91 Å². The molecule has 0 aliphatic carbocycles. The van der Waals surface area contributed by atoms with Crippen molar-refractivity contribution in [2.24, 2.45) is 5.41 Å².